The molecule has 23 heavy (non-hydrogen) atoms. The van der Waals surface area contributed by atoms with Crippen LogP contribution < -0.4 is 11.0 Å². The molecule has 1 saturated carbocycles. The van der Waals surface area contributed by atoms with Crippen molar-refractivity contribution in [2.24, 2.45) is 0 Å². The van der Waals surface area contributed by atoms with E-state index in [1.54, 1.807) is 0 Å². The van der Waals surface area contributed by atoms with Crippen molar-refractivity contribution in [2.75, 3.05) is 5.32 Å². The molecule has 2 aromatic heterocycles. The molecule has 0 aliphatic heterocycles. The lowest BCUT2D eigenvalue weighted by Gasteiger charge is -2.22. The summed E-state index contributed by atoms with van der Waals surface area (Å²) in [6.07, 6.45) is 7.19. The highest BCUT2D eigenvalue weighted by molar-refractivity contribution is 5.85. The van der Waals surface area contributed by atoms with E-state index in [0.717, 1.165) is 18.5 Å². The van der Waals surface area contributed by atoms with Gasteiger partial charge in [-0.2, -0.15) is 0 Å². The summed E-state index contributed by atoms with van der Waals surface area (Å²) in [5.74, 6) is 0.632. The average Bonchev–Trinajstić information content (AvgIpc) is 2.94. The predicted molar refractivity (Wildman–Crippen MR) is 90.0 cm³/mol. The molecule has 2 N–H and O–H groups in total. The second-order valence-corrected chi connectivity index (χ2v) is 6.00. The number of nitrogens with zero attached hydrogens (tertiary/aromatic N) is 3. The standard InChI is InChI=1S/C17H19N5O/c23-17-21-14-15(20-12-7-3-1-4-8-12)18-11-19-16(14)22(17)13-9-5-2-6-10-13/h1,3-4,7-8,11,13H,2,5-6,9-10H2,(H,21,23)(H,18,19,20). The summed E-state index contributed by atoms with van der Waals surface area (Å²) in [4.78, 5) is 24.0. The Morgan fingerprint density at radius 1 is 1.09 bits per heavy atom. The number of aromatic amines is 1. The SMILES string of the molecule is O=c1[nH]c2c(Nc3ccccc3)ncnc2n1C1CCCCC1. The first-order valence-corrected chi connectivity index (χ1v) is 8.10. The van der Waals surface area contributed by atoms with Crippen molar-refractivity contribution in [3.63, 3.8) is 0 Å². The van der Waals surface area contributed by atoms with Gasteiger partial charge in [0.1, 0.15) is 11.8 Å². The molecule has 0 unspecified atom stereocenters. The minimum atomic E-state index is -0.0940. The molecule has 0 radical (unpaired) electrons. The van der Waals surface area contributed by atoms with Crippen LogP contribution in [-0.2, 0) is 0 Å². The fourth-order valence-electron chi connectivity index (χ4n) is 3.37. The number of anilines is 2. The molecule has 1 aromatic carbocycles. The largest absolute Gasteiger partial charge is 0.338 e. The number of imidazole rings is 1. The normalized spacial score (nSPS) is 15.8. The number of benzene rings is 1. The first-order chi connectivity index (χ1) is 11.3. The number of fused-ring (bicyclic) bond motifs is 1. The van der Waals surface area contributed by atoms with Crippen molar-refractivity contribution in [1.82, 2.24) is 19.5 Å². The average molecular weight is 309 g/mol. The van der Waals surface area contributed by atoms with Gasteiger partial charge in [0.2, 0.25) is 0 Å². The van der Waals surface area contributed by atoms with Gasteiger partial charge in [-0.25, -0.2) is 14.8 Å². The number of H-pyrrole nitrogens is 1. The molecule has 1 fully saturated rings. The van der Waals surface area contributed by atoms with E-state index in [9.17, 15) is 4.79 Å². The van der Waals surface area contributed by atoms with Crippen LogP contribution in [0.3, 0.4) is 0 Å². The summed E-state index contributed by atoms with van der Waals surface area (Å²) < 4.78 is 1.81. The maximum atomic E-state index is 12.5. The molecule has 0 atom stereocenters. The van der Waals surface area contributed by atoms with Crippen LogP contribution in [0.15, 0.2) is 41.5 Å². The highest BCUT2D eigenvalue weighted by Crippen LogP contribution is 2.30. The van der Waals surface area contributed by atoms with Crippen LogP contribution in [0.25, 0.3) is 11.2 Å². The van der Waals surface area contributed by atoms with Crippen molar-refractivity contribution in [1.29, 1.82) is 0 Å². The number of nitrogens with one attached hydrogen (secondary N) is 2. The zero-order valence-corrected chi connectivity index (χ0v) is 12.8. The third-order valence-electron chi connectivity index (χ3n) is 4.48. The molecule has 0 spiro atoms. The Balaban J connectivity index is 1.77. The molecule has 2 heterocycles. The van der Waals surface area contributed by atoms with Crippen LogP contribution in [-0.4, -0.2) is 19.5 Å². The number of rotatable bonds is 3. The molecule has 1 aliphatic carbocycles. The molecule has 4 rings (SSSR count). The second kappa shape index (κ2) is 5.87. The molecular weight excluding hydrogens is 290 g/mol. The van der Waals surface area contributed by atoms with E-state index < -0.39 is 0 Å². The molecule has 3 aromatic rings. The Morgan fingerprint density at radius 3 is 2.65 bits per heavy atom. The lowest BCUT2D eigenvalue weighted by molar-refractivity contribution is 0.352. The Kier molecular flexibility index (Phi) is 3.57. The van der Waals surface area contributed by atoms with Crippen LogP contribution in [0.5, 0.6) is 0 Å². The van der Waals surface area contributed by atoms with Crippen molar-refractivity contribution >= 4 is 22.7 Å². The topological polar surface area (TPSA) is 75.6 Å². The van der Waals surface area contributed by atoms with Crippen molar-refractivity contribution in [3.05, 3.63) is 47.1 Å². The number of aromatic nitrogens is 4. The van der Waals surface area contributed by atoms with Gasteiger partial charge in [0, 0.05) is 11.7 Å². The van der Waals surface area contributed by atoms with E-state index in [4.69, 9.17) is 0 Å². The Bertz CT molecular complexity index is 862. The van der Waals surface area contributed by atoms with Crippen LogP contribution >= 0.6 is 0 Å². The van der Waals surface area contributed by atoms with Gasteiger partial charge in [-0.15, -0.1) is 0 Å². The van der Waals surface area contributed by atoms with E-state index in [1.807, 2.05) is 34.9 Å². The smallest absolute Gasteiger partial charge is 0.328 e. The van der Waals surface area contributed by atoms with E-state index >= 15 is 0 Å². The van der Waals surface area contributed by atoms with E-state index in [0.29, 0.717) is 17.0 Å². The Labute approximate surface area is 133 Å². The van der Waals surface area contributed by atoms with Gasteiger partial charge in [-0.05, 0) is 25.0 Å². The highest BCUT2D eigenvalue weighted by atomic mass is 16.1. The van der Waals surface area contributed by atoms with Gasteiger partial charge < -0.3 is 10.3 Å². The van der Waals surface area contributed by atoms with Gasteiger partial charge >= 0.3 is 5.69 Å². The molecular formula is C17H19N5O. The summed E-state index contributed by atoms with van der Waals surface area (Å²) in [6.45, 7) is 0. The third kappa shape index (κ3) is 2.60. The van der Waals surface area contributed by atoms with Gasteiger partial charge in [0.25, 0.3) is 0 Å². The van der Waals surface area contributed by atoms with Crippen LogP contribution in [0.1, 0.15) is 38.1 Å². The monoisotopic (exact) mass is 309 g/mol. The maximum absolute atomic E-state index is 12.5. The quantitative estimate of drug-likeness (QED) is 0.778. The fraction of sp³-hybridized carbons (Fsp3) is 0.353. The summed E-state index contributed by atoms with van der Waals surface area (Å²) in [5.41, 5.74) is 2.20. The van der Waals surface area contributed by atoms with Crippen molar-refractivity contribution in [3.8, 4) is 0 Å². The summed E-state index contributed by atoms with van der Waals surface area (Å²) in [7, 11) is 0. The second-order valence-electron chi connectivity index (χ2n) is 6.00. The van der Waals surface area contributed by atoms with E-state index in [-0.39, 0.29) is 11.7 Å². The van der Waals surface area contributed by atoms with Crippen LogP contribution in [0, 0.1) is 0 Å². The highest BCUT2D eigenvalue weighted by Gasteiger charge is 2.22. The summed E-state index contributed by atoms with van der Waals surface area (Å²) in [5, 5.41) is 3.26. The Hall–Kier alpha value is -2.63. The Morgan fingerprint density at radius 2 is 1.87 bits per heavy atom. The number of hydrogen-bond acceptors (Lipinski definition) is 4. The zero-order valence-electron chi connectivity index (χ0n) is 12.8. The molecule has 0 bridgehead atoms. The van der Waals surface area contributed by atoms with Gasteiger partial charge in [0.15, 0.2) is 11.5 Å². The molecule has 0 amide bonds. The molecule has 6 nitrogen and oxygen atoms in total. The molecule has 6 heteroatoms. The lowest BCUT2D eigenvalue weighted by atomic mass is 9.95. The third-order valence-corrected chi connectivity index (χ3v) is 4.48. The first kappa shape index (κ1) is 14.0. The van der Waals surface area contributed by atoms with Gasteiger partial charge in [-0.3, -0.25) is 4.57 Å². The maximum Gasteiger partial charge on any atom is 0.328 e. The lowest BCUT2D eigenvalue weighted by Crippen LogP contribution is -2.24. The molecule has 1 aliphatic rings. The van der Waals surface area contributed by atoms with Crippen molar-refractivity contribution < 1.29 is 0 Å². The van der Waals surface area contributed by atoms with Crippen LogP contribution in [0.4, 0.5) is 11.5 Å². The van der Waals surface area contributed by atoms with Gasteiger partial charge in [-0.1, -0.05) is 37.5 Å². The van der Waals surface area contributed by atoms with Gasteiger partial charge in [0.05, 0.1) is 0 Å². The first-order valence-electron chi connectivity index (χ1n) is 8.10. The minimum absolute atomic E-state index is 0.0940. The fourth-order valence-corrected chi connectivity index (χ4v) is 3.37. The van der Waals surface area contributed by atoms with Crippen LogP contribution in [0.2, 0.25) is 0 Å². The molecule has 118 valence electrons. The number of hydrogen-bond donors (Lipinski definition) is 2. The molecule has 0 saturated heterocycles. The summed E-state index contributed by atoms with van der Waals surface area (Å²) in [6, 6.07) is 10.0. The minimum Gasteiger partial charge on any atom is -0.338 e. The van der Waals surface area contributed by atoms with E-state index in [1.165, 1.54) is 25.6 Å². The summed E-state index contributed by atoms with van der Waals surface area (Å²) >= 11 is 0. The number of para-hydroxylation sites is 1. The van der Waals surface area contributed by atoms with Crippen molar-refractivity contribution in [2.45, 2.75) is 38.1 Å². The zero-order chi connectivity index (χ0) is 15.6. The van der Waals surface area contributed by atoms with E-state index in [2.05, 4.69) is 20.3 Å². The predicted octanol–water partition coefficient (Wildman–Crippen LogP) is 3.37.